The van der Waals surface area contributed by atoms with Crippen molar-refractivity contribution >= 4 is 29.3 Å². The highest BCUT2D eigenvalue weighted by molar-refractivity contribution is 7.99. The lowest BCUT2D eigenvalue weighted by atomic mass is 10.1. The van der Waals surface area contributed by atoms with Gasteiger partial charge in [0, 0.05) is 12.2 Å². The molecule has 0 saturated carbocycles. The fourth-order valence-corrected chi connectivity index (χ4v) is 4.10. The van der Waals surface area contributed by atoms with Crippen LogP contribution in [0.15, 0.2) is 47.6 Å². The summed E-state index contributed by atoms with van der Waals surface area (Å²) >= 11 is 1.30. The third-order valence-corrected chi connectivity index (χ3v) is 5.92. The summed E-state index contributed by atoms with van der Waals surface area (Å²) in [6.45, 7) is 9.29. The van der Waals surface area contributed by atoms with Gasteiger partial charge in [-0.15, -0.1) is 10.2 Å². The summed E-state index contributed by atoms with van der Waals surface area (Å²) in [5.41, 5.74) is 3.19. The van der Waals surface area contributed by atoms with Crippen LogP contribution in [0.4, 0.5) is 5.69 Å². The lowest BCUT2D eigenvalue weighted by Crippen LogP contribution is -2.15. The summed E-state index contributed by atoms with van der Waals surface area (Å²) < 4.78 is 13.0. The Kier molecular flexibility index (Phi) is 9.09. The van der Waals surface area contributed by atoms with Crippen molar-refractivity contribution in [3.05, 3.63) is 65.0 Å². The second-order valence-electron chi connectivity index (χ2n) is 7.75. The molecule has 0 atom stereocenters. The van der Waals surface area contributed by atoms with Crippen molar-refractivity contribution in [1.29, 1.82) is 0 Å². The number of hydrogen-bond acceptors (Lipinski definition) is 7. The smallest absolute Gasteiger partial charge is 0.338 e. The molecule has 3 rings (SSSR count). The van der Waals surface area contributed by atoms with E-state index in [-0.39, 0.29) is 11.7 Å². The van der Waals surface area contributed by atoms with Crippen molar-refractivity contribution in [3.8, 4) is 5.75 Å². The van der Waals surface area contributed by atoms with Crippen LogP contribution in [-0.4, -0.2) is 39.0 Å². The van der Waals surface area contributed by atoms with Crippen LogP contribution in [0.2, 0.25) is 0 Å². The van der Waals surface area contributed by atoms with E-state index in [0.29, 0.717) is 42.0 Å². The fraction of sp³-hybridized carbons (Fsp3) is 0.360. The minimum Gasteiger partial charge on any atom is -0.485 e. The molecule has 1 N–H and O–H groups in total. The number of benzene rings is 2. The summed E-state index contributed by atoms with van der Waals surface area (Å²) in [4.78, 5) is 24.5. The van der Waals surface area contributed by atoms with Crippen LogP contribution < -0.4 is 10.1 Å². The highest BCUT2D eigenvalue weighted by atomic mass is 32.2. The minimum absolute atomic E-state index is 0.153. The Bertz CT molecular complexity index is 1150. The highest BCUT2D eigenvalue weighted by Gasteiger charge is 2.15. The molecule has 0 fully saturated rings. The molecule has 34 heavy (non-hydrogen) atoms. The second-order valence-corrected chi connectivity index (χ2v) is 8.70. The first-order chi connectivity index (χ1) is 16.4. The van der Waals surface area contributed by atoms with Crippen molar-refractivity contribution < 1.29 is 19.1 Å². The van der Waals surface area contributed by atoms with Gasteiger partial charge in [-0.05, 0) is 57.0 Å². The van der Waals surface area contributed by atoms with Crippen LogP contribution in [0.5, 0.6) is 5.75 Å². The average molecular weight is 483 g/mol. The standard InChI is InChI=1S/C25H30N4O4S/c1-5-12-32-24(31)19-8-7-9-20(14-19)26-23(30)16-34-25-28-27-22(29(25)6-2)15-33-21-11-10-17(3)13-18(21)4/h7-11,13-14H,5-6,12,15-16H2,1-4H3,(H,26,30). The Morgan fingerprint density at radius 3 is 2.65 bits per heavy atom. The summed E-state index contributed by atoms with van der Waals surface area (Å²) in [5.74, 6) is 1.05. The maximum atomic E-state index is 12.5. The highest BCUT2D eigenvalue weighted by Crippen LogP contribution is 2.22. The first kappa shape index (κ1) is 25.3. The monoisotopic (exact) mass is 482 g/mol. The van der Waals surface area contributed by atoms with Gasteiger partial charge in [-0.25, -0.2) is 4.79 Å². The quantitative estimate of drug-likeness (QED) is 0.310. The molecule has 0 aliphatic heterocycles. The van der Waals surface area contributed by atoms with E-state index >= 15 is 0 Å². The van der Waals surface area contributed by atoms with Crippen LogP contribution in [0.25, 0.3) is 0 Å². The van der Waals surface area contributed by atoms with Crippen molar-refractivity contribution in [3.63, 3.8) is 0 Å². The number of rotatable bonds is 11. The maximum absolute atomic E-state index is 12.5. The number of aryl methyl sites for hydroxylation is 2. The number of thioether (sulfide) groups is 1. The molecular formula is C25H30N4O4S. The number of anilines is 1. The van der Waals surface area contributed by atoms with Gasteiger partial charge in [-0.2, -0.15) is 0 Å². The van der Waals surface area contributed by atoms with Crippen LogP contribution in [0.1, 0.15) is 47.6 Å². The zero-order chi connectivity index (χ0) is 24.5. The molecule has 0 radical (unpaired) electrons. The van der Waals surface area contributed by atoms with Gasteiger partial charge >= 0.3 is 5.97 Å². The van der Waals surface area contributed by atoms with E-state index in [4.69, 9.17) is 9.47 Å². The van der Waals surface area contributed by atoms with Crippen LogP contribution >= 0.6 is 11.8 Å². The number of carbonyl (C=O) groups excluding carboxylic acids is 2. The Morgan fingerprint density at radius 1 is 1.09 bits per heavy atom. The number of nitrogens with one attached hydrogen (secondary N) is 1. The predicted molar refractivity (Wildman–Crippen MR) is 132 cm³/mol. The third kappa shape index (κ3) is 6.84. The van der Waals surface area contributed by atoms with Crippen molar-refractivity contribution in [2.75, 3.05) is 17.7 Å². The Balaban J connectivity index is 1.56. The molecule has 0 aliphatic carbocycles. The van der Waals surface area contributed by atoms with Crippen molar-refractivity contribution in [1.82, 2.24) is 14.8 Å². The third-order valence-electron chi connectivity index (χ3n) is 4.95. The lowest BCUT2D eigenvalue weighted by Gasteiger charge is -2.11. The van der Waals surface area contributed by atoms with E-state index < -0.39 is 5.97 Å². The number of ether oxygens (including phenoxy) is 2. The number of amides is 1. The molecule has 1 amide bonds. The van der Waals surface area contributed by atoms with E-state index in [2.05, 4.69) is 21.6 Å². The largest absolute Gasteiger partial charge is 0.485 e. The normalized spacial score (nSPS) is 10.7. The Morgan fingerprint density at radius 2 is 1.91 bits per heavy atom. The number of esters is 1. The fourth-order valence-electron chi connectivity index (χ4n) is 3.28. The van der Waals surface area contributed by atoms with Crippen LogP contribution in [-0.2, 0) is 22.7 Å². The van der Waals surface area contributed by atoms with Gasteiger partial charge in [0.1, 0.15) is 12.4 Å². The topological polar surface area (TPSA) is 95.3 Å². The lowest BCUT2D eigenvalue weighted by molar-refractivity contribution is -0.113. The van der Waals surface area contributed by atoms with E-state index in [9.17, 15) is 9.59 Å². The molecule has 3 aromatic rings. The first-order valence-electron chi connectivity index (χ1n) is 11.2. The summed E-state index contributed by atoms with van der Waals surface area (Å²) in [6.07, 6.45) is 0.751. The molecule has 180 valence electrons. The summed E-state index contributed by atoms with van der Waals surface area (Å²) in [5, 5.41) is 11.9. The van der Waals surface area contributed by atoms with Crippen LogP contribution in [0, 0.1) is 13.8 Å². The van der Waals surface area contributed by atoms with Gasteiger partial charge in [0.2, 0.25) is 5.91 Å². The SMILES string of the molecule is CCCOC(=O)c1cccc(NC(=O)CSc2nnc(COc3ccc(C)cc3C)n2CC)c1. The van der Waals surface area contributed by atoms with Crippen molar-refractivity contribution in [2.24, 2.45) is 0 Å². The Labute approximate surface area is 204 Å². The molecule has 0 aliphatic rings. The molecule has 2 aromatic carbocycles. The maximum Gasteiger partial charge on any atom is 0.338 e. The molecule has 8 nitrogen and oxygen atoms in total. The average Bonchev–Trinajstić information content (AvgIpc) is 3.22. The number of hydrogen-bond donors (Lipinski definition) is 1. The molecular weight excluding hydrogens is 452 g/mol. The van der Waals surface area contributed by atoms with Gasteiger partial charge in [-0.3, -0.25) is 4.79 Å². The van der Waals surface area contributed by atoms with Gasteiger partial charge < -0.3 is 19.4 Å². The molecule has 0 spiro atoms. The van der Waals surface area contributed by atoms with Crippen molar-refractivity contribution in [2.45, 2.75) is 52.4 Å². The molecule has 0 saturated heterocycles. The van der Waals surface area contributed by atoms with E-state index in [0.717, 1.165) is 17.7 Å². The van der Waals surface area contributed by atoms with E-state index in [1.807, 2.05) is 44.4 Å². The Hall–Kier alpha value is -3.33. The molecule has 1 aromatic heterocycles. The van der Waals surface area contributed by atoms with Gasteiger partial charge in [0.05, 0.1) is 17.9 Å². The molecule has 1 heterocycles. The number of aromatic nitrogens is 3. The van der Waals surface area contributed by atoms with E-state index in [1.54, 1.807) is 24.3 Å². The first-order valence-corrected chi connectivity index (χ1v) is 12.2. The molecule has 9 heteroatoms. The predicted octanol–water partition coefficient (Wildman–Crippen LogP) is 4.79. The minimum atomic E-state index is -0.404. The number of carbonyl (C=O) groups is 2. The summed E-state index contributed by atoms with van der Waals surface area (Å²) in [6, 6.07) is 12.7. The van der Waals surface area contributed by atoms with Gasteiger partial charge in [-0.1, -0.05) is 42.4 Å². The molecule has 0 unspecified atom stereocenters. The zero-order valence-electron chi connectivity index (χ0n) is 20.0. The number of nitrogens with zero attached hydrogens (tertiary/aromatic N) is 3. The molecule has 0 bridgehead atoms. The van der Waals surface area contributed by atoms with Gasteiger partial charge in [0.15, 0.2) is 11.0 Å². The van der Waals surface area contributed by atoms with Crippen LogP contribution in [0.3, 0.4) is 0 Å². The van der Waals surface area contributed by atoms with Gasteiger partial charge in [0.25, 0.3) is 0 Å². The zero-order valence-corrected chi connectivity index (χ0v) is 20.8. The van der Waals surface area contributed by atoms with E-state index in [1.165, 1.54) is 17.3 Å². The second kappa shape index (κ2) is 12.2. The summed E-state index contributed by atoms with van der Waals surface area (Å²) in [7, 11) is 0.